The van der Waals surface area contributed by atoms with Crippen LogP contribution in [0.4, 0.5) is 5.69 Å². The maximum atomic E-state index is 4.13. The minimum Gasteiger partial charge on any atom is -0.341 e. The summed E-state index contributed by atoms with van der Waals surface area (Å²) in [5.41, 5.74) is 2.35. The van der Waals surface area contributed by atoms with Crippen molar-refractivity contribution in [1.82, 2.24) is 4.98 Å². The van der Waals surface area contributed by atoms with Gasteiger partial charge in [-0.25, -0.2) is 0 Å². The summed E-state index contributed by atoms with van der Waals surface area (Å²) < 4.78 is 3.54. The van der Waals surface area contributed by atoms with Gasteiger partial charge >= 0.3 is 0 Å². The molecule has 0 spiro atoms. The SMILES string of the molecule is C1=C[SH](Nc2cccnc2)C(c2ccccc2)=C1. The van der Waals surface area contributed by atoms with E-state index >= 15 is 0 Å². The Kier molecular flexibility index (Phi) is 3.15. The van der Waals surface area contributed by atoms with Crippen LogP contribution in [-0.2, 0) is 0 Å². The third-order valence-electron chi connectivity index (χ3n) is 2.73. The number of rotatable bonds is 3. The first-order valence-corrected chi connectivity index (χ1v) is 7.24. The summed E-state index contributed by atoms with van der Waals surface area (Å²) in [5, 5.41) is 2.23. The molecule has 0 aliphatic carbocycles. The lowest BCUT2D eigenvalue weighted by Gasteiger charge is -2.21. The second kappa shape index (κ2) is 5.10. The third kappa shape index (κ3) is 2.31. The molecule has 1 unspecified atom stereocenters. The molecule has 18 heavy (non-hydrogen) atoms. The van der Waals surface area contributed by atoms with Gasteiger partial charge in [0.1, 0.15) is 0 Å². The molecule has 0 bridgehead atoms. The zero-order valence-electron chi connectivity index (χ0n) is 9.82. The smallest absolute Gasteiger partial charge is 0.0616 e. The van der Waals surface area contributed by atoms with Gasteiger partial charge in [-0.05, 0) is 29.2 Å². The number of nitrogens with one attached hydrogen (secondary N) is 1. The molecular weight excluding hydrogens is 240 g/mol. The van der Waals surface area contributed by atoms with Crippen molar-refractivity contribution in [3.05, 3.63) is 78.0 Å². The van der Waals surface area contributed by atoms with Crippen molar-refractivity contribution < 1.29 is 0 Å². The predicted molar refractivity (Wildman–Crippen MR) is 80.4 cm³/mol. The summed E-state index contributed by atoms with van der Waals surface area (Å²) in [6, 6.07) is 14.5. The maximum absolute atomic E-state index is 4.13. The van der Waals surface area contributed by atoms with Gasteiger partial charge in [0.25, 0.3) is 0 Å². The van der Waals surface area contributed by atoms with Gasteiger partial charge in [0.05, 0.1) is 11.9 Å². The Balaban J connectivity index is 1.82. The molecule has 0 radical (unpaired) electrons. The average molecular weight is 254 g/mol. The molecule has 0 saturated heterocycles. The number of nitrogens with zero attached hydrogens (tertiary/aromatic N) is 1. The van der Waals surface area contributed by atoms with Crippen LogP contribution in [0, 0.1) is 0 Å². The van der Waals surface area contributed by atoms with Gasteiger partial charge in [0.2, 0.25) is 0 Å². The van der Waals surface area contributed by atoms with Gasteiger partial charge in [-0.15, -0.1) is 11.1 Å². The second-order valence-electron chi connectivity index (χ2n) is 3.98. The monoisotopic (exact) mass is 254 g/mol. The Morgan fingerprint density at radius 1 is 1.00 bits per heavy atom. The molecule has 1 atom stereocenters. The zero-order chi connectivity index (χ0) is 12.2. The van der Waals surface area contributed by atoms with Crippen LogP contribution in [0.2, 0.25) is 0 Å². The van der Waals surface area contributed by atoms with Crippen molar-refractivity contribution in [2.45, 2.75) is 0 Å². The standard InChI is InChI=1S/C15H14N2S/c1-2-6-13(7-3-1)15-9-5-11-18(15)17-14-8-4-10-16-12-14/h1-12,17-18H. The first-order chi connectivity index (χ1) is 8.93. The van der Waals surface area contributed by atoms with E-state index in [9.17, 15) is 0 Å². The summed E-state index contributed by atoms with van der Waals surface area (Å²) in [4.78, 5) is 5.48. The van der Waals surface area contributed by atoms with Gasteiger partial charge in [-0.2, -0.15) is 0 Å². The Bertz CT molecular complexity index is 576. The molecule has 3 rings (SSSR count). The highest BCUT2D eigenvalue weighted by atomic mass is 32.2. The fourth-order valence-electron chi connectivity index (χ4n) is 1.89. The molecule has 1 aliphatic heterocycles. The van der Waals surface area contributed by atoms with Crippen LogP contribution in [0.15, 0.2) is 72.4 Å². The first-order valence-electron chi connectivity index (χ1n) is 5.83. The van der Waals surface area contributed by atoms with Gasteiger partial charge in [-0.1, -0.05) is 36.4 Å². The van der Waals surface area contributed by atoms with E-state index in [0.717, 1.165) is 5.69 Å². The van der Waals surface area contributed by atoms with E-state index in [1.54, 1.807) is 6.20 Å². The first kappa shape index (κ1) is 11.1. The van der Waals surface area contributed by atoms with E-state index in [2.05, 4.69) is 51.5 Å². The molecule has 2 heterocycles. The summed E-state index contributed by atoms with van der Waals surface area (Å²) in [6.45, 7) is 0. The average Bonchev–Trinajstić information content (AvgIpc) is 2.89. The maximum Gasteiger partial charge on any atom is 0.0616 e. The molecule has 1 aromatic heterocycles. The fourth-order valence-corrected chi connectivity index (χ4v) is 3.59. The lowest BCUT2D eigenvalue weighted by atomic mass is 10.2. The van der Waals surface area contributed by atoms with Gasteiger partial charge in [0, 0.05) is 11.1 Å². The van der Waals surface area contributed by atoms with Crippen LogP contribution < -0.4 is 4.72 Å². The molecule has 2 aromatic rings. The van der Waals surface area contributed by atoms with E-state index in [4.69, 9.17) is 0 Å². The van der Waals surface area contributed by atoms with Crippen LogP contribution in [0.5, 0.6) is 0 Å². The van der Waals surface area contributed by atoms with Crippen molar-refractivity contribution in [1.29, 1.82) is 0 Å². The lowest BCUT2D eigenvalue weighted by Crippen LogP contribution is -1.95. The highest BCUT2D eigenvalue weighted by Crippen LogP contribution is 2.46. The minimum absolute atomic E-state index is 0.471. The van der Waals surface area contributed by atoms with E-state index in [1.165, 1.54) is 10.5 Å². The van der Waals surface area contributed by atoms with Crippen LogP contribution in [-0.4, -0.2) is 4.98 Å². The number of anilines is 1. The molecule has 0 amide bonds. The van der Waals surface area contributed by atoms with E-state index in [1.807, 2.05) is 24.4 Å². The zero-order valence-corrected chi connectivity index (χ0v) is 10.7. The van der Waals surface area contributed by atoms with Crippen molar-refractivity contribution in [3.63, 3.8) is 0 Å². The van der Waals surface area contributed by atoms with Gasteiger partial charge < -0.3 is 4.72 Å². The van der Waals surface area contributed by atoms with Crippen LogP contribution >= 0.6 is 11.1 Å². The molecule has 3 heteroatoms. The van der Waals surface area contributed by atoms with Crippen molar-refractivity contribution >= 4 is 21.7 Å². The summed E-state index contributed by atoms with van der Waals surface area (Å²) in [6.07, 6.45) is 7.95. The van der Waals surface area contributed by atoms with Crippen LogP contribution in [0.1, 0.15) is 5.56 Å². The second-order valence-corrected chi connectivity index (χ2v) is 5.73. The number of hydrogen-bond acceptors (Lipinski definition) is 2. The number of pyridine rings is 1. The Labute approximate surface area is 110 Å². The fraction of sp³-hybridized carbons (Fsp3) is 0. The van der Waals surface area contributed by atoms with Crippen molar-refractivity contribution in [2.24, 2.45) is 0 Å². The molecular formula is C15H14N2S. The van der Waals surface area contributed by atoms with E-state index < -0.39 is 11.1 Å². The van der Waals surface area contributed by atoms with Gasteiger partial charge in [-0.3, -0.25) is 4.98 Å². The molecule has 1 aromatic carbocycles. The molecule has 0 saturated carbocycles. The number of aromatic nitrogens is 1. The highest BCUT2D eigenvalue weighted by Gasteiger charge is 2.12. The summed E-state index contributed by atoms with van der Waals surface area (Å²) in [7, 11) is 0. The number of allylic oxidation sites excluding steroid dienone is 2. The third-order valence-corrected chi connectivity index (χ3v) is 4.63. The number of thiol groups is 1. The van der Waals surface area contributed by atoms with Crippen molar-refractivity contribution in [2.75, 3.05) is 4.72 Å². The van der Waals surface area contributed by atoms with Crippen molar-refractivity contribution in [3.8, 4) is 0 Å². The molecule has 2 nitrogen and oxygen atoms in total. The van der Waals surface area contributed by atoms with E-state index in [0.29, 0.717) is 0 Å². The summed E-state index contributed by atoms with van der Waals surface area (Å²) in [5.74, 6) is 0. The van der Waals surface area contributed by atoms with E-state index in [-0.39, 0.29) is 0 Å². The normalized spacial score (nSPS) is 19.6. The largest absolute Gasteiger partial charge is 0.341 e. The van der Waals surface area contributed by atoms with Crippen LogP contribution in [0.3, 0.4) is 0 Å². The molecule has 0 fully saturated rings. The predicted octanol–water partition coefficient (Wildman–Crippen LogP) is 3.98. The quantitative estimate of drug-likeness (QED) is 0.810. The summed E-state index contributed by atoms with van der Waals surface area (Å²) >= 11 is -0.471. The Morgan fingerprint density at radius 2 is 1.89 bits per heavy atom. The number of hydrogen-bond donors (Lipinski definition) is 2. The molecule has 90 valence electrons. The minimum atomic E-state index is -0.471. The topological polar surface area (TPSA) is 24.9 Å². The lowest BCUT2D eigenvalue weighted by molar-refractivity contribution is 1.33. The molecule has 1 aliphatic rings. The highest BCUT2D eigenvalue weighted by molar-refractivity contribution is 8.28. The Morgan fingerprint density at radius 3 is 2.67 bits per heavy atom. The van der Waals surface area contributed by atoms with Crippen LogP contribution in [0.25, 0.3) is 4.91 Å². The number of benzene rings is 1. The van der Waals surface area contributed by atoms with Gasteiger partial charge in [0.15, 0.2) is 0 Å². The molecule has 1 N–H and O–H groups in total. The Hall–Kier alpha value is -2.00.